The fourth-order valence-electron chi connectivity index (χ4n) is 2.87. The van der Waals surface area contributed by atoms with Crippen molar-refractivity contribution < 1.29 is 23.0 Å². The molecular weight excluding hydrogens is 446 g/mol. The smallest absolute Gasteiger partial charge is 0.289 e. The standard InChI is InChI=1S/C17H21N7O7S/c1-9-7-8-11(22-32(29,30)13-6-4-3-5-12(13)24(27)28)16(26)23(9)14(15(18)25)10(2)31-21-17(19)20/h3-8,10,14,22H,1-2H3,(H2,18,25)(H4,19,20,21). The molecule has 0 bridgehead atoms. The average molecular weight is 467 g/mol. The highest BCUT2D eigenvalue weighted by Crippen LogP contribution is 2.25. The molecule has 0 aliphatic rings. The maximum Gasteiger partial charge on any atom is 0.289 e. The van der Waals surface area contributed by atoms with Crippen molar-refractivity contribution in [1.29, 1.82) is 0 Å². The van der Waals surface area contributed by atoms with E-state index >= 15 is 0 Å². The molecule has 0 aliphatic carbocycles. The molecule has 1 heterocycles. The maximum absolute atomic E-state index is 13.1. The lowest BCUT2D eigenvalue weighted by atomic mass is 10.1. The number of anilines is 1. The number of pyridine rings is 1. The van der Waals surface area contributed by atoms with Gasteiger partial charge in [0.2, 0.25) is 11.9 Å². The molecule has 2 aromatic rings. The number of nitrogens with one attached hydrogen (secondary N) is 1. The van der Waals surface area contributed by atoms with Gasteiger partial charge < -0.3 is 22.0 Å². The number of oxime groups is 1. The molecule has 7 N–H and O–H groups in total. The number of guanidine groups is 1. The van der Waals surface area contributed by atoms with E-state index in [1.54, 1.807) is 0 Å². The van der Waals surface area contributed by atoms with Gasteiger partial charge in [0.1, 0.15) is 5.69 Å². The quantitative estimate of drug-likeness (QED) is 0.161. The van der Waals surface area contributed by atoms with Crippen molar-refractivity contribution in [3.05, 3.63) is 62.6 Å². The number of nitrogens with zero attached hydrogens (tertiary/aromatic N) is 3. The number of rotatable bonds is 9. The van der Waals surface area contributed by atoms with Gasteiger partial charge in [0, 0.05) is 11.8 Å². The van der Waals surface area contributed by atoms with Gasteiger partial charge >= 0.3 is 0 Å². The van der Waals surface area contributed by atoms with E-state index in [0.29, 0.717) is 0 Å². The maximum atomic E-state index is 13.1. The van der Waals surface area contributed by atoms with Crippen LogP contribution in [0.1, 0.15) is 18.7 Å². The van der Waals surface area contributed by atoms with Crippen molar-refractivity contribution in [3.63, 3.8) is 0 Å². The van der Waals surface area contributed by atoms with E-state index in [9.17, 15) is 28.1 Å². The zero-order valence-electron chi connectivity index (χ0n) is 17.0. The van der Waals surface area contributed by atoms with Gasteiger partial charge in [-0.05, 0) is 37.2 Å². The Morgan fingerprint density at radius 3 is 2.41 bits per heavy atom. The second-order valence-electron chi connectivity index (χ2n) is 6.57. The summed E-state index contributed by atoms with van der Waals surface area (Å²) in [5, 5.41) is 14.5. The normalized spacial score (nSPS) is 12.9. The lowest BCUT2D eigenvalue weighted by Gasteiger charge is -2.24. The highest BCUT2D eigenvalue weighted by atomic mass is 32.2. The lowest BCUT2D eigenvalue weighted by Crippen LogP contribution is -2.42. The molecule has 0 saturated carbocycles. The minimum atomic E-state index is -4.54. The van der Waals surface area contributed by atoms with E-state index in [-0.39, 0.29) is 5.69 Å². The molecule has 1 aromatic carbocycles. The summed E-state index contributed by atoms with van der Waals surface area (Å²) in [6.07, 6.45) is -1.12. The number of hydrogen-bond donors (Lipinski definition) is 4. The van der Waals surface area contributed by atoms with E-state index in [4.69, 9.17) is 22.0 Å². The molecule has 2 rings (SSSR count). The van der Waals surface area contributed by atoms with Gasteiger partial charge in [0.15, 0.2) is 17.0 Å². The van der Waals surface area contributed by atoms with Crippen LogP contribution in [0, 0.1) is 17.0 Å². The van der Waals surface area contributed by atoms with Crippen molar-refractivity contribution in [2.24, 2.45) is 22.4 Å². The van der Waals surface area contributed by atoms with Crippen molar-refractivity contribution >= 4 is 33.3 Å². The van der Waals surface area contributed by atoms with E-state index in [1.165, 1.54) is 32.0 Å². The zero-order chi connectivity index (χ0) is 24.2. The first-order valence-corrected chi connectivity index (χ1v) is 10.4. The summed E-state index contributed by atoms with van der Waals surface area (Å²) < 4.78 is 28.5. The molecule has 0 aliphatic heterocycles. The minimum Gasteiger partial charge on any atom is -0.387 e. The number of sulfonamides is 1. The summed E-state index contributed by atoms with van der Waals surface area (Å²) in [4.78, 5) is 39.8. The first-order valence-electron chi connectivity index (χ1n) is 8.89. The Morgan fingerprint density at radius 2 is 1.84 bits per heavy atom. The van der Waals surface area contributed by atoms with E-state index < -0.39 is 60.8 Å². The molecule has 1 amide bonds. The van der Waals surface area contributed by atoms with E-state index in [1.807, 2.05) is 4.72 Å². The molecule has 15 heteroatoms. The molecule has 0 fully saturated rings. The summed E-state index contributed by atoms with van der Waals surface area (Å²) in [6.45, 7) is 2.85. The molecule has 14 nitrogen and oxygen atoms in total. The average Bonchev–Trinajstić information content (AvgIpc) is 2.71. The van der Waals surface area contributed by atoms with Crippen LogP contribution in [0.4, 0.5) is 11.4 Å². The topological polar surface area (TPSA) is 228 Å². The Balaban J connectivity index is 2.57. The predicted molar refractivity (Wildman–Crippen MR) is 114 cm³/mol. The van der Waals surface area contributed by atoms with Crippen molar-refractivity contribution in [1.82, 2.24) is 4.57 Å². The van der Waals surface area contributed by atoms with Gasteiger partial charge in [-0.15, -0.1) is 0 Å². The Hall–Kier alpha value is -4.14. The number of aromatic nitrogens is 1. The van der Waals surface area contributed by atoms with Gasteiger partial charge in [-0.3, -0.25) is 29.0 Å². The van der Waals surface area contributed by atoms with Crippen molar-refractivity contribution in [2.45, 2.75) is 30.9 Å². The largest absolute Gasteiger partial charge is 0.387 e. The fraction of sp³-hybridized carbons (Fsp3) is 0.235. The molecule has 2 unspecified atom stereocenters. The van der Waals surface area contributed by atoms with Crippen LogP contribution >= 0.6 is 0 Å². The molecule has 0 saturated heterocycles. The highest BCUT2D eigenvalue weighted by molar-refractivity contribution is 7.92. The monoisotopic (exact) mass is 467 g/mol. The van der Waals surface area contributed by atoms with Crippen LogP contribution in [0.2, 0.25) is 0 Å². The zero-order valence-corrected chi connectivity index (χ0v) is 17.8. The summed E-state index contributed by atoms with van der Waals surface area (Å²) in [5.74, 6) is -1.41. The first kappa shape index (κ1) is 24.1. The molecular formula is C17H21N7O7S. The van der Waals surface area contributed by atoms with Crippen LogP contribution in [0.25, 0.3) is 0 Å². The SMILES string of the molecule is Cc1ccc(NS(=O)(=O)c2ccccc2[N+](=O)[O-])c(=O)n1C(C(N)=O)C(C)ON=C(N)N. The number of nitrogens with two attached hydrogens (primary N) is 3. The molecule has 0 radical (unpaired) electrons. The molecule has 0 spiro atoms. The summed E-state index contributed by atoms with van der Waals surface area (Å²) in [6, 6.07) is 5.70. The number of benzene rings is 1. The first-order chi connectivity index (χ1) is 14.9. The van der Waals surface area contributed by atoms with E-state index in [2.05, 4.69) is 5.16 Å². The number of nitro groups is 1. The second kappa shape index (κ2) is 9.34. The fourth-order valence-corrected chi connectivity index (χ4v) is 4.10. The lowest BCUT2D eigenvalue weighted by molar-refractivity contribution is -0.387. The summed E-state index contributed by atoms with van der Waals surface area (Å²) in [7, 11) is -4.54. The Morgan fingerprint density at radius 1 is 1.22 bits per heavy atom. The van der Waals surface area contributed by atoms with Gasteiger partial charge in [-0.2, -0.15) is 0 Å². The number of nitro benzene ring substituents is 1. The van der Waals surface area contributed by atoms with Crippen LogP contribution in [0.3, 0.4) is 0 Å². The highest BCUT2D eigenvalue weighted by Gasteiger charge is 2.31. The number of amides is 1. The van der Waals surface area contributed by atoms with Crippen LogP contribution in [0.15, 0.2) is 51.2 Å². The van der Waals surface area contributed by atoms with Crippen molar-refractivity contribution in [3.8, 4) is 0 Å². The van der Waals surface area contributed by atoms with Gasteiger partial charge in [0.25, 0.3) is 21.3 Å². The van der Waals surface area contributed by atoms with Gasteiger partial charge in [-0.25, -0.2) is 8.42 Å². The number of hydrogen-bond acceptors (Lipinski definition) is 8. The van der Waals surface area contributed by atoms with E-state index in [0.717, 1.165) is 22.8 Å². The van der Waals surface area contributed by atoms with Crippen LogP contribution in [-0.2, 0) is 19.7 Å². The third-order valence-corrected chi connectivity index (χ3v) is 5.67. The molecule has 32 heavy (non-hydrogen) atoms. The molecule has 2 atom stereocenters. The summed E-state index contributed by atoms with van der Waals surface area (Å²) in [5.41, 5.74) is 14.0. The number of primary amides is 1. The second-order valence-corrected chi connectivity index (χ2v) is 8.22. The third kappa shape index (κ3) is 5.12. The number of para-hydroxylation sites is 1. The number of carbonyl (C=O) groups excluding carboxylic acids is 1. The van der Waals surface area contributed by atoms with Crippen LogP contribution in [0.5, 0.6) is 0 Å². The minimum absolute atomic E-state index is 0.243. The van der Waals surface area contributed by atoms with Crippen LogP contribution < -0.4 is 27.5 Å². The number of aryl methyl sites for hydroxylation is 1. The molecule has 172 valence electrons. The van der Waals surface area contributed by atoms with Crippen LogP contribution in [-0.4, -0.2) is 35.9 Å². The Bertz CT molecular complexity index is 1240. The summed E-state index contributed by atoms with van der Waals surface area (Å²) >= 11 is 0. The predicted octanol–water partition coefficient (Wildman–Crippen LogP) is -0.514. The number of carbonyl (C=O) groups is 1. The van der Waals surface area contributed by atoms with Gasteiger partial charge in [0.05, 0.1) is 4.92 Å². The van der Waals surface area contributed by atoms with Gasteiger partial charge in [-0.1, -0.05) is 12.1 Å². The molecule has 1 aromatic heterocycles. The Kier molecular flexibility index (Phi) is 7.04. The third-order valence-electron chi connectivity index (χ3n) is 4.25. The Labute approximate surface area is 181 Å². The van der Waals surface area contributed by atoms with Crippen molar-refractivity contribution in [2.75, 3.05) is 4.72 Å².